The first-order chi connectivity index (χ1) is 11.7. The van der Waals surface area contributed by atoms with E-state index in [1.165, 1.54) is 5.56 Å². The summed E-state index contributed by atoms with van der Waals surface area (Å²) in [6, 6.07) is 18.0. The summed E-state index contributed by atoms with van der Waals surface area (Å²) in [7, 11) is 0. The van der Waals surface area contributed by atoms with Crippen molar-refractivity contribution in [3.8, 4) is 11.5 Å². The Hall–Kier alpha value is -2.88. The van der Waals surface area contributed by atoms with Crippen LogP contribution in [0.4, 0.5) is 5.69 Å². The molecule has 4 nitrogen and oxygen atoms in total. The van der Waals surface area contributed by atoms with Gasteiger partial charge in [-0.2, -0.15) is 0 Å². The highest BCUT2D eigenvalue weighted by atomic mass is 16.3. The van der Waals surface area contributed by atoms with Crippen LogP contribution in [0, 0.1) is 0 Å². The monoisotopic (exact) mass is 318 g/mol. The average Bonchev–Trinajstić information content (AvgIpc) is 3.19. The lowest BCUT2D eigenvalue weighted by Gasteiger charge is -2.22. The van der Waals surface area contributed by atoms with Gasteiger partial charge in [-0.15, -0.1) is 0 Å². The lowest BCUT2D eigenvalue weighted by atomic mass is 10.1. The number of benzene rings is 2. The van der Waals surface area contributed by atoms with E-state index in [9.17, 15) is 4.79 Å². The standard InChI is InChI=1S/C20H18N2O2/c1-14-11-16-9-5-6-10-18(16)22(14)19(23)12-17-13-24-20(21-17)15-7-3-2-4-8-15/h2-10,13-14H,11-12H2,1H3. The first-order valence-corrected chi connectivity index (χ1v) is 8.12. The van der Waals surface area contributed by atoms with Crippen LogP contribution >= 0.6 is 0 Å². The van der Waals surface area contributed by atoms with E-state index in [2.05, 4.69) is 18.0 Å². The summed E-state index contributed by atoms with van der Waals surface area (Å²) < 4.78 is 5.53. The Labute approximate surface area is 140 Å². The number of hydrogen-bond acceptors (Lipinski definition) is 3. The Kier molecular flexibility index (Phi) is 3.65. The number of oxazole rings is 1. The van der Waals surface area contributed by atoms with E-state index in [0.29, 0.717) is 11.6 Å². The molecule has 3 aromatic rings. The van der Waals surface area contributed by atoms with E-state index in [1.54, 1.807) is 6.26 Å². The van der Waals surface area contributed by atoms with Gasteiger partial charge in [-0.3, -0.25) is 4.79 Å². The molecule has 0 saturated heterocycles. The van der Waals surface area contributed by atoms with Gasteiger partial charge in [0.25, 0.3) is 0 Å². The second kappa shape index (κ2) is 5.96. The first kappa shape index (κ1) is 14.7. The fraction of sp³-hybridized carbons (Fsp3) is 0.200. The summed E-state index contributed by atoms with van der Waals surface area (Å²) in [6.07, 6.45) is 2.72. The molecule has 2 aromatic carbocycles. The van der Waals surface area contributed by atoms with Gasteiger partial charge in [-0.05, 0) is 37.1 Å². The third-order valence-corrected chi connectivity index (χ3v) is 4.38. The number of anilines is 1. The van der Waals surface area contributed by atoms with Gasteiger partial charge < -0.3 is 9.32 Å². The summed E-state index contributed by atoms with van der Waals surface area (Å²) >= 11 is 0. The highest BCUT2D eigenvalue weighted by Gasteiger charge is 2.30. The van der Waals surface area contributed by atoms with E-state index >= 15 is 0 Å². The summed E-state index contributed by atoms with van der Waals surface area (Å²) in [5, 5.41) is 0. The van der Waals surface area contributed by atoms with Crippen molar-refractivity contribution in [3.63, 3.8) is 0 Å². The maximum Gasteiger partial charge on any atom is 0.233 e. The Balaban J connectivity index is 1.54. The zero-order chi connectivity index (χ0) is 16.5. The number of hydrogen-bond donors (Lipinski definition) is 0. The molecule has 1 amide bonds. The molecule has 24 heavy (non-hydrogen) atoms. The van der Waals surface area contributed by atoms with E-state index in [1.807, 2.05) is 53.4 Å². The van der Waals surface area contributed by atoms with Crippen LogP contribution in [-0.2, 0) is 17.6 Å². The summed E-state index contributed by atoms with van der Waals surface area (Å²) in [5.74, 6) is 0.605. The third-order valence-electron chi connectivity index (χ3n) is 4.38. The molecule has 0 fully saturated rings. The molecule has 120 valence electrons. The van der Waals surface area contributed by atoms with Crippen LogP contribution in [0.3, 0.4) is 0 Å². The summed E-state index contributed by atoms with van der Waals surface area (Å²) in [6.45, 7) is 2.08. The van der Waals surface area contributed by atoms with Crippen molar-refractivity contribution in [3.05, 3.63) is 72.1 Å². The average molecular weight is 318 g/mol. The summed E-state index contributed by atoms with van der Waals surface area (Å²) in [5.41, 5.74) is 3.82. The number of carbonyl (C=O) groups is 1. The topological polar surface area (TPSA) is 46.3 Å². The SMILES string of the molecule is CC1Cc2ccccc2N1C(=O)Cc1coc(-c2ccccc2)n1. The molecule has 0 aliphatic carbocycles. The smallest absolute Gasteiger partial charge is 0.233 e. The fourth-order valence-corrected chi connectivity index (χ4v) is 3.29. The number of rotatable bonds is 3. The predicted octanol–water partition coefficient (Wildman–Crippen LogP) is 3.86. The van der Waals surface area contributed by atoms with Crippen LogP contribution in [0.25, 0.3) is 11.5 Å². The van der Waals surface area contributed by atoms with Gasteiger partial charge in [0, 0.05) is 17.3 Å². The quantitative estimate of drug-likeness (QED) is 0.736. The normalized spacial score (nSPS) is 16.2. The zero-order valence-corrected chi connectivity index (χ0v) is 13.5. The molecule has 0 radical (unpaired) electrons. The largest absolute Gasteiger partial charge is 0.444 e. The Bertz CT molecular complexity index is 870. The van der Waals surface area contributed by atoms with Crippen molar-refractivity contribution in [1.82, 2.24) is 4.98 Å². The number of para-hydroxylation sites is 1. The number of fused-ring (bicyclic) bond motifs is 1. The number of nitrogens with zero attached hydrogens (tertiary/aromatic N) is 2. The Morgan fingerprint density at radius 1 is 1.17 bits per heavy atom. The highest BCUT2D eigenvalue weighted by molar-refractivity contribution is 5.97. The van der Waals surface area contributed by atoms with E-state index in [4.69, 9.17) is 4.42 Å². The van der Waals surface area contributed by atoms with Crippen LogP contribution in [0.5, 0.6) is 0 Å². The molecular formula is C20H18N2O2. The minimum atomic E-state index is 0.0559. The van der Waals surface area contributed by atoms with Crippen LogP contribution in [0.1, 0.15) is 18.2 Å². The maximum absolute atomic E-state index is 12.8. The highest BCUT2D eigenvalue weighted by Crippen LogP contribution is 2.32. The van der Waals surface area contributed by atoms with Crippen LogP contribution < -0.4 is 4.90 Å². The Morgan fingerprint density at radius 2 is 1.92 bits per heavy atom. The molecule has 1 aromatic heterocycles. The zero-order valence-electron chi connectivity index (χ0n) is 13.5. The minimum absolute atomic E-state index is 0.0559. The van der Waals surface area contributed by atoms with E-state index < -0.39 is 0 Å². The molecule has 0 spiro atoms. The molecule has 4 rings (SSSR count). The van der Waals surface area contributed by atoms with Crippen molar-refractivity contribution < 1.29 is 9.21 Å². The van der Waals surface area contributed by atoms with E-state index in [0.717, 1.165) is 17.7 Å². The second-order valence-electron chi connectivity index (χ2n) is 6.13. The molecular weight excluding hydrogens is 300 g/mol. The van der Waals surface area contributed by atoms with Crippen molar-refractivity contribution in [2.45, 2.75) is 25.8 Å². The fourth-order valence-electron chi connectivity index (χ4n) is 3.29. The second-order valence-corrected chi connectivity index (χ2v) is 6.13. The molecule has 1 aliphatic rings. The van der Waals surface area contributed by atoms with Gasteiger partial charge in [-0.25, -0.2) is 4.98 Å². The molecule has 1 unspecified atom stereocenters. The molecule has 4 heteroatoms. The van der Waals surface area contributed by atoms with Gasteiger partial charge in [0.1, 0.15) is 6.26 Å². The van der Waals surface area contributed by atoms with Gasteiger partial charge in [-0.1, -0.05) is 36.4 Å². The number of carbonyl (C=O) groups excluding carboxylic acids is 1. The van der Waals surface area contributed by atoms with Gasteiger partial charge in [0.15, 0.2) is 0 Å². The molecule has 1 aliphatic heterocycles. The van der Waals surface area contributed by atoms with Gasteiger partial charge in [0.2, 0.25) is 11.8 Å². The molecule has 0 N–H and O–H groups in total. The van der Waals surface area contributed by atoms with Crippen molar-refractivity contribution in [2.24, 2.45) is 0 Å². The third kappa shape index (κ3) is 2.60. The van der Waals surface area contributed by atoms with Gasteiger partial charge in [0.05, 0.1) is 12.1 Å². The predicted molar refractivity (Wildman–Crippen MR) is 92.7 cm³/mol. The van der Waals surface area contributed by atoms with Crippen LogP contribution in [-0.4, -0.2) is 16.9 Å². The number of amides is 1. The molecule has 1 atom stereocenters. The van der Waals surface area contributed by atoms with Crippen molar-refractivity contribution in [1.29, 1.82) is 0 Å². The van der Waals surface area contributed by atoms with Gasteiger partial charge >= 0.3 is 0 Å². The molecule has 0 saturated carbocycles. The first-order valence-electron chi connectivity index (χ1n) is 8.12. The lowest BCUT2D eigenvalue weighted by Crippen LogP contribution is -2.36. The minimum Gasteiger partial charge on any atom is -0.444 e. The van der Waals surface area contributed by atoms with Crippen molar-refractivity contribution in [2.75, 3.05) is 4.90 Å². The van der Waals surface area contributed by atoms with Crippen LogP contribution in [0.2, 0.25) is 0 Å². The van der Waals surface area contributed by atoms with E-state index in [-0.39, 0.29) is 18.4 Å². The Morgan fingerprint density at radius 3 is 2.75 bits per heavy atom. The van der Waals surface area contributed by atoms with Crippen molar-refractivity contribution >= 4 is 11.6 Å². The lowest BCUT2D eigenvalue weighted by molar-refractivity contribution is -0.118. The number of aromatic nitrogens is 1. The maximum atomic E-state index is 12.8. The molecule has 0 bridgehead atoms. The summed E-state index contributed by atoms with van der Waals surface area (Å²) in [4.78, 5) is 19.1. The molecule has 2 heterocycles. The van der Waals surface area contributed by atoms with Crippen LogP contribution in [0.15, 0.2) is 65.3 Å².